The van der Waals surface area contributed by atoms with E-state index in [1.165, 1.54) is 18.4 Å². The van der Waals surface area contributed by atoms with Crippen molar-refractivity contribution in [3.63, 3.8) is 0 Å². The molecule has 0 saturated carbocycles. The molecule has 0 aromatic rings. The second-order valence-corrected chi connectivity index (χ2v) is 6.23. The summed E-state index contributed by atoms with van der Waals surface area (Å²) in [5, 5.41) is 4.13. The first-order valence-electron chi connectivity index (χ1n) is 7.49. The minimum Gasteiger partial charge on any atom is -0.396 e. The number of unbranched alkanes of at least 4 members (excludes halogenated alkanes) is 1. The highest BCUT2D eigenvalue weighted by molar-refractivity contribution is 5.92. The van der Waals surface area contributed by atoms with Crippen molar-refractivity contribution in [2.45, 2.75) is 60.3 Å². The molecule has 108 valence electrons. The number of rotatable bonds is 6. The molecule has 1 unspecified atom stereocenters. The smallest absolute Gasteiger partial charge is 0.117 e. The first kappa shape index (κ1) is 16.0. The molecule has 1 aliphatic rings. The van der Waals surface area contributed by atoms with Gasteiger partial charge in [0.05, 0.1) is 5.71 Å². The van der Waals surface area contributed by atoms with Crippen LogP contribution in [0.5, 0.6) is 0 Å². The maximum atomic E-state index is 5.28. The molecule has 1 aliphatic carbocycles. The predicted octanol–water partition coefficient (Wildman–Crippen LogP) is 5.12. The summed E-state index contributed by atoms with van der Waals surface area (Å²) in [7, 11) is 0. The van der Waals surface area contributed by atoms with Crippen molar-refractivity contribution in [3.05, 3.63) is 23.8 Å². The van der Waals surface area contributed by atoms with Crippen molar-refractivity contribution in [2.24, 2.45) is 16.5 Å². The Balaban J connectivity index is 2.59. The minimum atomic E-state index is 0.346. The van der Waals surface area contributed by atoms with E-state index in [4.69, 9.17) is 4.84 Å². The average Bonchev–Trinajstić information content (AvgIpc) is 2.33. The topological polar surface area (TPSA) is 21.6 Å². The molecule has 0 bridgehead atoms. The molecule has 0 radical (unpaired) electrons. The molecule has 0 aromatic carbocycles. The second kappa shape index (κ2) is 7.52. The summed E-state index contributed by atoms with van der Waals surface area (Å²) in [6, 6.07) is 0. The number of hydrogen-bond donors (Lipinski definition) is 0. The Hall–Kier alpha value is -1.05. The Morgan fingerprint density at radius 1 is 1.53 bits per heavy atom. The summed E-state index contributed by atoms with van der Waals surface area (Å²) in [6.07, 6.45) is 11.4. The lowest BCUT2D eigenvalue weighted by Gasteiger charge is -2.36. The van der Waals surface area contributed by atoms with Gasteiger partial charge in [0, 0.05) is 5.92 Å². The van der Waals surface area contributed by atoms with Crippen LogP contribution in [0.1, 0.15) is 60.3 Å². The summed E-state index contributed by atoms with van der Waals surface area (Å²) in [4.78, 5) is 5.28. The van der Waals surface area contributed by atoms with Gasteiger partial charge < -0.3 is 4.84 Å². The van der Waals surface area contributed by atoms with Crippen LogP contribution < -0.4 is 0 Å². The third kappa shape index (κ3) is 5.22. The van der Waals surface area contributed by atoms with Gasteiger partial charge in [-0.3, -0.25) is 0 Å². The van der Waals surface area contributed by atoms with E-state index in [-0.39, 0.29) is 0 Å². The third-order valence-corrected chi connectivity index (χ3v) is 3.92. The van der Waals surface area contributed by atoms with Crippen LogP contribution in [-0.2, 0) is 4.84 Å². The molecule has 0 saturated heterocycles. The predicted molar refractivity (Wildman–Crippen MR) is 83.4 cm³/mol. The Morgan fingerprint density at radius 2 is 2.26 bits per heavy atom. The summed E-state index contributed by atoms with van der Waals surface area (Å²) in [6.45, 7) is 11.8. The molecule has 1 rings (SSSR count). The third-order valence-electron chi connectivity index (χ3n) is 3.92. The normalized spacial score (nSPS) is 23.5. The molecular weight excluding hydrogens is 234 g/mol. The van der Waals surface area contributed by atoms with Gasteiger partial charge in [-0.1, -0.05) is 50.1 Å². The van der Waals surface area contributed by atoms with Gasteiger partial charge in [0.1, 0.15) is 6.61 Å². The van der Waals surface area contributed by atoms with E-state index < -0.39 is 0 Å². The van der Waals surface area contributed by atoms with E-state index in [0.29, 0.717) is 11.3 Å². The molecule has 1 atom stereocenters. The highest BCUT2D eigenvalue weighted by Gasteiger charge is 2.30. The van der Waals surface area contributed by atoms with E-state index in [1.54, 1.807) is 0 Å². The molecule has 0 spiro atoms. The van der Waals surface area contributed by atoms with Gasteiger partial charge in [-0.15, -0.1) is 0 Å². The summed E-state index contributed by atoms with van der Waals surface area (Å²) >= 11 is 0. The van der Waals surface area contributed by atoms with Gasteiger partial charge in [0.25, 0.3) is 0 Å². The zero-order valence-electron chi connectivity index (χ0n) is 13.2. The molecule has 0 N–H and O–H groups in total. The van der Waals surface area contributed by atoms with Crippen molar-refractivity contribution in [1.29, 1.82) is 0 Å². The lowest BCUT2D eigenvalue weighted by atomic mass is 9.68. The molecule has 2 nitrogen and oxygen atoms in total. The maximum Gasteiger partial charge on any atom is 0.117 e. The fraction of sp³-hybridized carbons (Fsp3) is 0.706. The summed E-state index contributed by atoms with van der Waals surface area (Å²) in [5.41, 5.74) is 2.77. The minimum absolute atomic E-state index is 0.346. The number of allylic oxidation sites excluding steroid dienone is 4. The zero-order valence-corrected chi connectivity index (χ0v) is 13.2. The number of hydrogen-bond acceptors (Lipinski definition) is 2. The second-order valence-electron chi connectivity index (χ2n) is 6.23. The van der Waals surface area contributed by atoms with Gasteiger partial charge in [-0.25, -0.2) is 0 Å². The summed E-state index contributed by atoms with van der Waals surface area (Å²) in [5.74, 6) is 0.516. The van der Waals surface area contributed by atoms with Crippen molar-refractivity contribution in [2.75, 3.05) is 6.61 Å². The zero-order chi connectivity index (χ0) is 14.3. The fourth-order valence-electron chi connectivity index (χ4n) is 2.61. The van der Waals surface area contributed by atoms with E-state index in [1.807, 2.05) is 6.92 Å². The van der Waals surface area contributed by atoms with Crippen LogP contribution in [0.4, 0.5) is 0 Å². The van der Waals surface area contributed by atoms with Gasteiger partial charge in [0.15, 0.2) is 0 Å². The van der Waals surface area contributed by atoms with Crippen LogP contribution in [0.25, 0.3) is 0 Å². The standard InChI is InChI=1S/C17H29NO/c1-6-7-13-19-18-15(3)10-11-16-14(2)9-8-12-17(16,4)5/h9-11,16H,6-8,12-13H2,1-5H3/b11-10+,18-15+. The van der Waals surface area contributed by atoms with E-state index in [9.17, 15) is 0 Å². The Morgan fingerprint density at radius 3 is 2.89 bits per heavy atom. The molecule has 0 heterocycles. The first-order chi connectivity index (χ1) is 8.97. The Kier molecular flexibility index (Phi) is 6.33. The van der Waals surface area contributed by atoms with Crippen LogP contribution in [0.15, 0.2) is 29.0 Å². The highest BCUT2D eigenvalue weighted by Crippen LogP contribution is 2.41. The number of oxime groups is 1. The first-order valence-corrected chi connectivity index (χ1v) is 7.49. The van der Waals surface area contributed by atoms with Crippen LogP contribution in [0, 0.1) is 11.3 Å². The lowest BCUT2D eigenvalue weighted by molar-refractivity contribution is 0.141. The van der Waals surface area contributed by atoms with Gasteiger partial charge in [-0.05, 0) is 44.6 Å². The molecular formula is C17H29NO. The van der Waals surface area contributed by atoms with Crippen molar-refractivity contribution in [1.82, 2.24) is 0 Å². The van der Waals surface area contributed by atoms with Gasteiger partial charge in [-0.2, -0.15) is 0 Å². The fourth-order valence-corrected chi connectivity index (χ4v) is 2.61. The quantitative estimate of drug-likeness (QED) is 0.282. The van der Waals surface area contributed by atoms with Crippen molar-refractivity contribution in [3.8, 4) is 0 Å². The monoisotopic (exact) mass is 263 g/mol. The highest BCUT2D eigenvalue weighted by atomic mass is 16.6. The van der Waals surface area contributed by atoms with E-state index in [0.717, 1.165) is 25.2 Å². The SMILES string of the molecule is CCCCO/N=C(C)/C=C/C1C(C)=CCCC1(C)C. The van der Waals surface area contributed by atoms with Gasteiger partial charge in [0.2, 0.25) is 0 Å². The van der Waals surface area contributed by atoms with Gasteiger partial charge >= 0.3 is 0 Å². The molecule has 0 aromatic heterocycles. The van der Waals surface area contributed by atoms with Crippen LogP contribution >= 0.6 is 0 Å². The lowest BCUT2D eigenvalue weighted by Crippen LogP contribution is -2.26. The van der Waals surface area contributed by atoms with Crippen LogP contribution in [0.2, 0.25) is 0 Å². The Bertz CT molecular complexity index is 363. The molecule has 0 amide bonds. The molecule has 0 aliphatic heterocycles. The molecule has 19 heavy (non-hydrogen) atoms. The number of nitrogens with zero attached hydrogens (tertiary/aromatic N) is 1. The van der Waals surface area contributed by atoms with Crippen LogP contribution in [0.3, 0.4) is 0 Å². The van der Waals surface area contributed by atoms with Crippen LogP contribution in [-0.4, -0.2) is 12.3 Å². The van der Waals surface area contributed by atoms with E-state index >= 15 is 0 Å². The van der Waals surface area contributed by atoms with Crippen molar-refractivity contribution >= 4 is 5.71 Å². The molecule has 0 fully saturated rings. The summed E-state index contributed by atoms with van der Waals surface area (Å²) < 4.78 is 0. The largest absolute Gasteiger partial charge is 0.396 e. The van der Waals surface area contributed by atoms with Crippen molar-refractivity contribution < 1.29 is 4.84 Å². The van der Waals surface area contributed by atoms with E-state index in [2.05, 4.69) is 51.1 Å². The molecule has 2 heteroatoms. The Labute approximate surface area is 118 Å². The maximum absolute atomic E-state index is 5.28. The average molecular weight is 263 g/mol.